The van der Waals surface area contributed by atoms with Gasteiger partial charge in [-0.2, -0.15) is 0 Å². The standard InChI is InChI=1S/C13H17ClN2OS/c14-11-8-9(13(15)16-17)6-7-12(11)18-10-4-2-1-3-5-10/h6-8,10,17H,1-5H2,(H2,15,16). The van der Waals surface area contributed by atoms with Crippen LogP contribution in [0.3, 0.4) is 0 Å². The summed E-state index contributed by atoms with van der Waals surface area (Å²) in [4.78, 5) is 1.08. The number of hydrogen-bond donors (Lipinski definition) is 2. The summed E-state index contributed by atoms with van der Waals surface area (Å²) in [5, 5.41) is 12.9. The molecule has 0 heterocycles. The first kappa shape index (κ1) is 13.6. The first-order valence-electron chi connectivity index (χ1n) is 6.15. The molecule has 1 aliphatic carbocycles. The Bertz CT molecular complexity index is 445. The maximum absolute atomic E-state index is 8.62. The summed E-state index contributed by atoms with van der Waals surface area (Å²) in [6.07, 6.45) is 6.52. The first-order chi connectivity index (χ1) is 8.70. The minimum absolute atomic E-state index is 0.0890. The molecular formula is C13H17ClN2OS. The fourth-order valence-electron chi connectivity index (χ4n) is 2.18. The van der Waals surface area contributed by atoms with Gasteiger partial charge in [0, 0.05) is 15.7 Å². The molecule has 98 valence electrons. The van der Waals surface area contributed by atoms with Gasteiger partial charge in [-0.25, -0.2) is 0 Å². The smallest absolute Gasteiger partial charge is 0.170 e. The zero-order valence-electron chi connectivity index (χ0n) is 10.1. The van der Waals surface area contributed by atoms with Gasteiger partial charge in [0.2, 0.25) is 0 Å². The molecule has 3 N–H and O–H groups in total. The first-order valence-corrected chi connectivity index (χ1v) is 7.40. The number of amidine groups is 1. The van der Waals surface area contributed by atoms with Crippen molar-refractivity contribution in [1.29, 1.82) is 0 Å². The number of rotatable bonds is 3. The predicted octanol–water partition coefficient (Wildman–Crippen LogP) is 3.86. The average molecular weight is 285 g/mol. The van der Waals surface area contributed by atoms with Crippen LogP contribution in [0.2, 0.25) is 5.02 Å². The van der Waals surface area contributed by atoms with Crippen LogP contribution < -0.4 is 5.73 Å². The van der Waals surface area contributed by atoms with Crippen LogP contribution in [-0.2, 0) is 0 Å². The highest BCUT2D eigenvalue weighted by Crippen LogP contribution is 2.37. The molecule has 1 aliphatic rings. The molecule has 0 aliphatic heterocycles. The molecule has 3 nitrogen and oxygen atoms in total. The van der Waals surface area contributed by atoms with Gasteiger partial charge in [0.05, 0.1) is 5.02 Å². The maximum Gasteiger partial charge on any atom is 0.170 e. The van der Waals surface area contributed by atoms with Crippen LogP contribution in [0.25, 0.3) is 0 Å². The zero-order chi connectivity index (χ0) is 13.0. The zero-order valence-corrected chi connectivity index (χ0v) is 11.7. The SMILES string of the molecule is NC(=NO)c1ccc(SC2CCCCC2)c(Cl)c1. The fourth-order valence-corrected chi connectivity index (χ4v) is 3.74. The van der Waals surface area contributed by atoms with Crippen molar-refractivity contribution in [2.24, 2.45) is 10.9 Å². The monoisotopic (exact) mass is 284 g/mol. The molecule has 0 saturated heterocycles. The third-order valence-corrected chi connectivity index (χ3v) is 5.02. The van der Waals surface area contributed by atoms with Crippen molar-refractivity contribution in [3.05, 3.63) is 28.8 Å². The molecule has 0 bridgehead atoms. The van der Waals surface area contributed by atoms with E-state index in [0.29, 0.717) is 15.8 Å². The number of halogens is 1. The maximum atomic E-state index is 8.62. The molecule has 1 aromatic carbocycles. The van der Waals surface area contributed by atoms with Gasteiger partial charge in [-0.05, 0) is 31.0 Å². The van der Waals surface area contributed by atoms with Crippen molar-refractivity contribution >= 4 is 29.2 Å². The van der Waals surface area contributed by atoms with Gasteiger partial charge in [-0.3, -0.25) is 0 Å². The summed E-state index contributed by atoms with van der Waals surface area (Å²) in [6, 6.07) is 5.54. The van der Waals surface area contributed by atoms with Gasteiger partial charge < -0.3 is 10.9 Å². The summed E-state index contributed by atoms with van der Waals surface area (Å²) in [5.74, 6) is 0.0890. The van der Waals surface area contributed by atoms with E-state index in [1.54, 1.807) is 6.07 Å². The van der Waals surface area contributed by atoms with E-state index in [9.17, 15) is 0 Å². The quantitative estimate of drug-likeness (QED) is 0.383. The Morgan fingerprint density at radius 3 is 2.67 bits per heavy atom. The Hall–Kier alpha value is -0.870. The number of nitrogens with zero attached hydrogens (tertiary/aromatic N) is 1. The second-order valence-corrected chi connectivity index (χ2v) is 6.26. The van der Waals surface area contributed by atoms with Crippen LogP contribution in [0.15, 0.2) is 28.3 Å². The Morgan fingerprint density at radius 2 is 2.06 bits per heavy atom. The van der Waals surface area contributed by atoms with E-state index in [1.165, 1.54) is 32.1 Å². The lowest BCUT2D eigenvalue weighted by Crippen LogP contribution is -2.13. The van der Waals surface area contributed by atoms with Crippen molar-refractivity contribution < 1.29 is 5.21 Å². The van der Waals surface area contributed by atoms with Crippen LogP contribution in [0.1, 0.15) is 37.7 Å². The van der Waals surface area contributed by atoms with E-state index in [1.807, 2.05) is 23.9 Å². The highest BCUT2D eigenvalue weighted by molar-refractivity contribution is 8.00. The van der Waals surface area contributed by atoms with Crippen molar-refractivity contribution in [3.63, 3.8) is 0 Å². The van der Waals surface area contributed by atoms with E-state index in [4.69, 9.17) is 22.5 Å². The van der Waals surface area contributed by atoms with Crippen LogP contribution in [0, 0.1) is 0 Å². The molecule has 1 saturated carbocycles. The van der Waals surface area contributed by atoms with Crippen molar-refractivity contribution in [3.8, 4) is 0 Å². The summed E-state index contributed by atoms with van der Waals surface area (Å²) >= 11 is 8.08. The molecule has 0 aromatic heterocycles. The second-order valence-electron chi connectivity index (χ2n) is 4.51. The summed E-state index contributed by atoms with van der Waals surface area (Å²) in [7, 11) is 0. The van der Waals surface area contributed by atoms with E-state index in [-0.39, 0.29) is 5.84 Å². The summed E-state index contributed by atoms with van der Waals surface area (Å²) < 4.78 is 0. The Balaban J connectivity index is 2.09. The van der Waals surface area contributed by atoms with Gasteiger partial charge in [0.25, 0.3) is 0 Å². The minimum atomic E-state index is 0.0890. The van der Waals surface area contributed by atoms with Gasteiger partial charge in [0.1, 0.15) is 0 Å². The highest BCUT2D eigenvalue weighted by atomic mass is 35.5. The molecule has 0 atom stereocenters. The Kier molecular flexibility index (Phi) is 4.78. The van der Waals surface area contributed by atoms with Gasteiger partial charge >= 0.3 is 0 Å². The number of thioether (sulfide) groups is 1. The normalized spacial score (nSPS) is 17.9. The topological polar surface area (TPSA) is 58.6 Å². The number of benzene rings is 1. The van der Waals surface area contributed by atoms with E-state index in [0.717, 1.165) is 4.90 Å². The van der Waals surface area contributed by atoms with Crippen molar-refractivity contribution in [1.82, 2.24) is 0 Å². The third kappa shape index (κ3) is 3.33. The molecule has 1 fully saturated rings. The molecule has 0 radical (unpaired) electrons. The minimum Gasteiger partial charge on any atom is -0.409 e. The van der Waals surface area contributed by atoms with Crippen LogP contribution in [0.5, 0.6) is 0 Å². The van der Waals surface area contributed by atoms with Crippen LogP contribution in [-0.4, -0.2) is 16.3 Å². The van der Waals surface area contributed by atoms with E-state index in [2.05, 4.69) is 5.16 Å². The van der Waals surface area contributed by atoms with Gasteiger partial charge in [-0.1, -0.05) is 36.0 Å². The molecule has 0 unspecified atom stereocenters. The molecule has 2 rings (SSSR count). The van der Waals surface area contributed by atoms with E-state index >= 15 is 0 Å². The number of oxime groups is 1. The largest absolute Gasteiger partial charge is 0.409 e. The van der Waals surface area contributed by atoms with Crippen LogP contribution >= 0.6 is 23.4 Å². The third-order valence-electron chi connectivity index (χ3n) is 3.18. The lowest BCUT2D eigenvalue weighted by atomic mass is 10.0. The molecule has 18 heavy (non-hydrogen) atoms. The van der Waals surface area contributed by atoms with Crippen molar-refractivity contribution in [2.75, 3.05) is 0 Å². The Morgan fingerprint density at radius 1 is 1.33 bits per heavy atom. The second kappa shape index (κ2) is 6.34. The molecule has 0 amide bonds. The Labute approximate surface area is 116 Å². The average Bonchev–Trinajstić information content (AvgIpc) is 2.41. The fraction of sp³-hybridized carbons (Fsp3) is 0.462. The van der Waals surface area contributed by atoms with Crippen LogP contribution in [0.4, 0.5) is 0 Å². The summed E-state index contributed by atoms with van der Waals surface area (Å²) in [5.41, 5.74) is 6.18. The van der Waals surface area contributed by atoms with Gasteiger partial charge in [-0.15, -0.1) is 11.8 Å². The van der Waals surface area contributed by atoms with Crippen molar-refractivity contribution in [2.45, 2.75) is 42.2 Å². The number of hydrogen-bond acceptors (Lipinski definition) is 3. The molecular weight excluding hydrogens is 268 g/mol. The molecule has 1 aromatic rings. The molecule has 0 spiro atoms. The highest BCUT2D eigenvalue weighted by Gasteiger charge is 2.16. The predicted molar refractivity (Wildman–Crippen MR) is 76.7 cm³/mol. The van der Waals surface area contributed by atoms with Gasteiger partial charge in [0.15, 0.2) is 5.84 Å². The van der Waals surface area contributed by atoms with E-state index < -0.39 is 0 Å². The molecule has 5 heteroatoms. The summed E-state index contributed by atoms with van der Waals surface area (Å²) in [6.45, 7) is 0. The number of nitrogens with two attached hydrogens (primary N) is 1. The lowest BCUT2D eigenvalue weighted by molar-refractivity contribution is 0.318. The lowest BCUT2D eigenvalue weighted by Gasteiger charge is -2.21.